The number of hydrogen-bond acceptors (Lipinski definition) is 5. The zero-order valence-corrected chi connectivity index (χ0v) is 9.66. The van der Waals surface area contributed by atoms with Crippen molar-refractivity contribution in [1.82, 2.24) is 16.1 Å². The minimum absolute atomic E-state index is 0.258. The second-order valence-electron chi connectivity index (χ2n) is 3.52. The third-order valence-electron chi connectivity index (χ3n) is 2.25. The lowest BCUT2D eigenvalue weighted by Gasteiger charge is -2.23. The second kappa shape index (κ2) is 6.81. The number of imide groups is 1. The van der Waals surface area contributed by atoms with E-state index in [9.17, 15) is 9.59 Å². The van der Waals surface area contributed by atoms with Crippen LogP contribution in [0.3, 0.4) is 0 Å². The van der Waals surface area contributed by atoms with Crippen molar-refractivity contribution >= 4 is 17.8 Å². The van der Waals surface area contributed by atoms with Crippen molar-refractivity contribution in [2.75, 3.05) is 20.3 Å². The number of carbonyl (C=O) groups excluding carboxylic acids is 2. The molecule has 0 aliphatic carbocycles. The largest absolute Gasteiger partial charge is 0.383 e. The first-order valence-electron chi connectivity index (χ1n) is 5.27. The molecule has 1 aliphatic heterocycles. The van der Waals surface area contributed by atoms with Gasteiger partial charge in [-0.3, -0.25) is 20.3 Å². The van der Waals surface area contributed by atoms with Gasteiger partial charge in [0.2, 0.25) is 17.8 Å². The van der Waals surface area contributed by atoms with Gasteiger partial charge in [0.25, 0.3) is 0 Å². The van der Waals surface area contributed by atoms with Crippen molar-refractivity contribution in [2.45, 2.75) is 18.9 Å². The van der Waals surface area contributed by atoms with Gasteiger partial charge in [0, 0.05) is 13.5 Å². The lowest BCUT2D eigenvalue weighted by molar-refractivity contribution is -0.134. The molecule has 0 saturated carbocycles. The van der Waals surface area contributed by atoms with Crippen molar-refractivity contribution in [2.24, 2.45) is 10.8 Å². The van der Waals surface area contributed by atoms with E-state index in [1.54, 1.807) is 7.11 Å². The van der Waals surface area contributed by atoms with E-state index in [1.165, 1.54) is 0 Å². The summed E-state index contributed by atoms with van der Waals surface area (Å²) in [5, 5.41) is 5.07. The van der Waals surface area contributed by atoms with E-state index < -0.39 is 6.04 Å². The van der Waals surface area contributed by atoms with Crippen LogP contribution in [-0.2, 0) is 14.3 Å². The van der Waals surface area contributed by atoms with Crippen LogP contribution in [0.15, 0.2) is 4.99 Å². The first-order chi connectivity index (χ1) is 8.17. The molecule has 1 fully saturated rings. The standard InChI is InChI=1S/C9H17N5O3/c1-17-5-4-11-9(14-10)12-6-2-3-7(15)13-8(6)16/h6H,2-5,10H2,1H3,(H2,11,12,14)(H,13,15,16). The van der Waals surface area contributed by atoms with Gasteiger partial charge in [-0.15, -0.1) is 0 Å². The van der Waals surface area contributed by atoms with Crippen LogP contribution in [0.2, 0.25) is 0 Å². The topological polar surface area (TPSA) is 118 Å². The molecule has 0 aromatic heterocycles. The molecular weight excluding hydrogens is 226 g/mol. The quantitative estimate of drug-likeness (QED) is 0.112. The number of piperidine rings is 1. The highest BCUT2D eigenvalue weighted by atomic mass is 16.5. The summed E-state index contributed by atoms with van der Waals surface area (Å²) < 4.78 is 4.83. The molecule has 1 saturated heterocycles. The normalized spacial score (nSPS) is 21.1. The molecule has 1 heterocycles. The summed E-state index contributed by atoms with van der Waals surface area (Å²) in [4.78, 5) is 26.4. The molecule has 96 valence electrons. The van der Waals surface area contributed by atoms with Crippen LogP contribution in [0.1, 0.15) is 12.8 Å². The lowest BCUT2D eigenvalue weighted by Crippen LogP contribution is -2.56. The van der Waals surface area contributed by atoms with Gasteiger partial charge in [0.15, 0.2) is 0 Å². The second-order valence-corrected chi connectivity index (χ2v) is 3.52. The Balaban J connectivity index is 2.47. The molecule has 1 atom stereocenters. The summed E-state index contributed by atoms with van der Waals surface area (Å²) in [6.45, 7) is 0.887. The van der Waals surface area contributed by atoms with Crippen LogP contribution in [0.4, 0.5) is 0 Å². The minimum Gasteiger partial charge on any atom is -0.383 e. The highest BCUT2D eigenvalue weighted by molar-refractivity contribution is 6.01. The van der Waals surface area contributed by atoms with Crippen molar-refractivity contribution < 1.29 is 14.3 Å². The van der Waals surface area contributed by atoms with Gasteiger partial charge in [0.1, 0.15) is 6.04 Å². The van der Waals surface area contributed by atoms with Gasteiger partial charge in [-0.25, -0.2) is 10.8 Å². The molecule has 17 heavy (non-hydrogen) atoms. The average molecular weight is 243 g/mol. The van der Waals surface area contributed by atoms with E-state index in [1.807, 2.05) is 0 Å². The van der Waals surface area contributed by atoms with Gasteiger partial charge in [-0.2, -0.15) is 0 Å². The summed E-state index contributed by atoms with van der Waals surface area (Å²) >= 11 is 0. The molecule has 1 rings (SSSR count). The number of rotatable bonds is 4. The predicted octanol–water partition coefficient (Wildman–Crippen LogP) is -2.15. The summed E-state index contributed by atoms with van der Waals surface area (Å²) in [5.41, 5.74) is 2.36. The SMILES string of the molecule is COCCN=C(NN)NC1CCC(=O)NC1=O. The molecule has 0 aromatic carbocycles. The number of nitrogens with two attached hydrogens (primary N) is 1. The molecular formula is C9H17N5O3. The Morgan fingerprint density at radius 2 is 2.41 bits per heavy atom. The number of carbonyl (C=O) groups is 2. The van der Waals surface area contributed by atoms with Crippen molar-refractivity contribution in [3.63, 3.8) is 0 Å². The van der Waals surface area contributed by atoms with Gasteiger partial charge < -0.3 is 10.1 Å². The summed E-state index contributed by atoms with van der Waals surface area (Å²) in [5.74, 6) is 4.94. The Hall–Kier alpha value is -1.67. The number of nitrogens with one attached hydrogen (secondary N) is 3. The Labute approximate surface area is 98.9 Å². The Bertz CT molecular complexity index is 318. The number of methoxy groups -OCH3 is 1. The molecule has 0 radical (unpaired) electrons. The summed E-state index contributed by atoms with van der Waals surface area (Å²) in [6.07, 6.45) is 0.731. The van der Waals surface area contributed by atoms with Crippen LogP contribution in [-0.4, -0.2) is 44.1 Å². The number of hydrazine groups is 1. The smallest absolute Gasteiger partial charge is 0.249 e. The van der Waals surface area contributed by atoms with Crippen molar-refractivity contribution in [3.8, 4) is 0 Å². The molecule has 8 nitrogen and oxygen atoms in total. The van der Waals surface area contributed by atoms with Crippen LogP contribution in [0, 0.1) is 0 Å². The van der Waals surface area contributed by atoms with Gasteiger partial charge >= 0.3 is 0 Å². The third-order valence-corrected chi connectivity index (χ3v) is 2.25. The Morgan fingerprint density at radius 1 is 1.65 bits per heavy atom. The van der Waals surface area contributed by atoms with Crippen LogP contribution in [0.25, 0.3) is 0 Å². The molecule has 1 unspecified atom stereocenters. The van der Waals surface area contributed by atoms with Crippen molar-refractivity contribution in [3.05, 3.63) is 0 Å². The van der Waals surface area contributed by atoms with E-state index in [-0.39, 0.29) is 11.8 Å². The number of aliphatic imine (C=N–C) groups is 1. The zero-order chi connectivity index (χ0) is 12.7. The fraction of sp³-hybridized carbons (Fsp3) is 0.667. The van der Waals surface area contributed by atoms with Crippen LogP contribution >= 0.6 is 0 Å². The highest BCUT2D eigenvalue weighted by Crippen LogP contribution is 2.03. The first-order valence-corrected chi connectivity index (χ1v) is 5.27. The third kappa shape index (κ3) is 4.37. The number of ether oxygens (including phenoxy) is 1. The van der Waals surface area contributed by atoms with Gasteiger partial charge in [0.05, 0.1) is 13.2 Å². The Morgan fingerprint density at radius 3 is 3.00 bits per heavy atom. The molecule has 2 amide bonds. The molecule has 0 bridgehead atoms. The minimum atomic E-state index is -0.495. The van der Waals surface area contributed by atoms with E-state index in [0.717, 1.165) is 0 Å². The maximum Gasteiger partial charge on any atom is 0.249 e. The number of amides is 2. The molecule has 1 aliphatic rings. The van der Waals surface area contributed by atoms with E-state index >= 15 is 0 Å². The predicted molar refractivity (Wildman–Crippen MR) is 60.8 cm³/mol. The number of nitrogens with zero attached hydrogens (tertiary/aromatic N) is 1. The fourth-order valence-electron chi connectivity index (χ4n) is 1.38. The van der Waals surface area contributed by atoms with Crippen LogP contribution < -0.4 is 21.9 Å². The zero-order valence-electron chi connectivity index (χ0n) is 9.66. The van der Waals surface area contributed by atoms with Gasteiger partial charge in [-0.1, -0.05) is 0 Å². The summed E-state index contributed by atoms with van der Waals surface area (Å²) in [7, 11) is 1.57. The highest BCUT2D eigenvalue weighted by Gasteiger charge is 2.26. The number of hydrogen-bond donors (Lipinski definition) is 4. The molecule has 0 aromatic rings. The Kier molecular flexibility index (Phi) is 5.37. The lowest BCUT2D eigenvalue weighted by atomic mass is 10.1. The van der Waals surface area contributed by atoms with E-state index in [0.29, 0.717) is 32.0 Å². The maximum absolute atomic E-state index is 11.4. The van der Waals surface area contributed by atoms with Crippen LogP contribution in [0.5, 0.6) is 0 Å². The van der Waals surface area contributed by atoms with E-state index in [4.69, 9.17) is 10.6 Å². The molecule has 8 heteroatoms. The molecule has 5 N–H and O–H groups in total. The maximum atomic E-state index is 11.4. The van der Waals surface area contributed by atoms with E-state index in [2.05, 4.69) is 21.1 Å². The summed E-state index contributed by atoms with van der Waals surface area (Å²) in [6, 6.07) is -0.495. The first kappa shape index (κ1) is 13.4. The van der Waals surface area contributed by atoms with Gasteiger partial charge in [-0.05, 0) is 6.42 Å². The monoisotopic (exact) mass is 243 g/mol. The van der Waals surface area contributed by atoms with Crippen molar-refractivity contribution in [1.29, 1.82) is 0 Å². The average Bonchev–Trinajstić information content (AvgIpc) is 2.31. The molecule has 0 spiro atoms. The fourth-order valence-corrected chi connectivity index (χ4v) is 1.38. The number of guanidine groups is 1.